The lowest BCUT2D eigenvalue weighted by Crippen LogP contribution is -2.21. The summed E-state index contributed by atoms with van der Waals surface area (Å²) in [7, 11) is 0. The molecule has 6 nitrogen and oxygen atoms in total. The third-order valence-electron chi connectivity index (χ3n) is 2.96. The van der Waals surface area contributed by atoms with E-state index in [1.807, 2.05) is 19.1 Å². The van der Waals surface area contributed by atoms with Crippen molar-refractivity contribution in [2.24, 2.45) is 5.84 Å². The van der Waals surface area contributed by atoms with Crippen molar-refractivity contribution in [1.29, 1.82) is 0 Å². The second kappa shape index (κ2) is 5.50. The maximum atomic E-state index is 5.54. The summed E-state index contributed by atoms with van der Waals surface area (Å²) in [5.41, 5.74) is 3.36. The number of rotatable bonds is 4. The van der Waals surface area contributed by atoms with Crippen molar-refractivity contribution in [3.8, 4) is 0 Å². The van der Waals surface area contributed by atoms with Crippen LogP contribution in [0.25, 0.3) is 0 Å². The molecule has 2 aromatic rings. The van der Waals surface area contributed by atoms with Gasteiger partial charge in [0.25, 0.3) is 0 Å². The van der Waals surface area contributed by atoms with E-state index in [4.69, 9.17) is 10.3 Å². The molecule has 0 saturated carbocycles. The van der Waals surface area contributed by atoms with Gasteiger partial charge in [0.05, 0.1) is 12.8 Å². The molecule has 0 aliphatic rings. The predicted molar refractivity (Wildman–Crippen MR) is 79.3 cm³/mol. The summed E-state index contributed by atoms with van der Waals surface area (Å²) >= 11 is 0. The Morgan fingerprint density at radius 3 is 2.50 bits per heavy atom. The van der Waals surface area contributed by atoms with Gasteiger partial charge < -0.3 is 15.2 Å². The van der Waals surface area contributed by atoms with Gasteiger partial charge in [-0.25, -0.2) is 15.8 Å². The van der Waals surface area contributed by atoms with Crippen LogP contribution in [0.3, 0.4) is 0 Å². The standard InChI is InChI=1S/C14H21N5O/c1-9-11(16-8-10-6-5-7-20-10)17-13(14(2,3)4)18-12(9)19-15/h5-7H,8,15H2,1-4H3,(H2,16,17,18,19). The Balaban J connectivity index is 2.30. The van der Waals surface area contributed by atoms with Crippen molar-refractivity contribution in [2.45, 2.75) is 39.7 Å². The largest absolute Gasteiger partial charge is 0.467 e. The maximum Gasteiger partial charge on any atom is 0.148 e. The lowest BCUT2D eigenvalue weighted by atomic mass is 9.95. The Morgan fingerprint density at radius 1 is 1.25 bits per heavy atom. The zero-order chi connectivity index (χ0) is 14.8. The molecule has 2 aromatic heterocycles. The third-order valence-corrected chi connectivity index (χ3v) is 2.96. The Hall–Kier alpha value is -2.08. The highest BCUT2D eigenvalue weighted by atomic mass is 16.3. The molecule has 4 N–H and O–H groups in total. The van der Waals surface area contributed by atoms with E-state index in [1.54, 1.807) is 6.26 Å². The molecule has 0 fully saturated rings. The van der Waals surface area contributed by atoms with Crippen LogP contribution in [0.15, 0.2) is 22.8 Å². The Labute approximate surface area is 118 Å². The van der Waals surface area contributed by atoms with E-state index >= 15 is 0 Å². The van der Waals surface area contributed by atoms with Crippen molar-refractivity contribution >= 4 is 11.6 Å². The zero-order valence-corrected chi connectivity index (χ0v) is 12.3. The van der Waals surface area contributed by atoms with Gasteiger partial charge in [0.1, 0.15) is 23.2 Å². The number of aromatic nitrogens is 2. The molecule has 108 valence electrons. The highest BCUT2D eigenvalue weighted by Gasteiger charge is 2.21. The fourth-order valence-electron chi connectivity index (χ4n) is 1.75. The highest BCUT2D eigenvalue weighted by Crippen LogP contribution is 2.26. The molecule has 0 amide bonds. The lowest BCUT2D eigenvalue weighted by Gasteiger charge is -2.20. The monoisotopic (exact) mass is 275 g/mol. The van der Waals surface area contributed by atoms with Crippen molar-refractivity contribution in [3.05, 3.63) is 35.5 Å². The first-order valence-electron chi connectivity index (χ1n) is 6.54. The molecule has 0 aliphatic carbocycles. The smallest absolute Gasteiger partial charge is 0.148 e. The number of furan rings is 1. The van der Waals surface area contributed by atoms with Crippen LogP contribution in [-0.4, -0.2) is 9.97 Å². The van der Waals surface area contributed by atoms with E-state index in [9.17, 15) is 0 Å². The van der Waals surface area contributed by atoms with Gasteiger partial charge in [-0.05, 0) is 19.1 Å². The molecule has 0 saturated heterocycles. The molecule has 0 aromatic carbocycles. The number of nitrogens with zero attached hydrogens (tertiary/aromatic N) is 2. The fourth-order valence-corrected chi connectivity index (χ4v) is 1.75. The van der Waals surface area contributed by atoms with Gasteiger partial charge in [0.15, 0.2) is 0 Å². The minimum absolute atomic E-state index is 0.152. The molecule has 0 unspecified atom stereocenters. The predicted octanol–water partition coefficient (Wildman–Crippen LogP) is 2.57. The summed E-state index contributed by atoms with van der Waals surface area (Å²) in [5, 5.41) is 3.26. The van der Waals surface area contributed by atoms with Gasteiger partial charge in [-0.2, -0.15) is 0 Å². The van der Waals surface area contributed by atoms with Gasteiger partial charge in [0.2, 0.25) is 0 Å². The number of hydrazine groups is 1. The van der Waals surface area contributed by atoms with Crippen molar-refractivity contribution < 1.29 is 4.42 Å². The van der Waals surface area contributed by atoms with Gasteiger partial charge in [0, 0.05) is 11.0 Å². The average molecular weight is 275 g/mol. The van der Waals surface area contributed by atoms with Crippen LogP contribution < -0.4 is 16.6 Å². The molecule has 0 atom stereocenters. The van der Waals surface area contributed by atoms with E-state index in [0.29, 0.717) is 12.4 Å². The van der Waals surface area contributed by atoms with Crippen LogP contribution in [0.1, 0.15) is 37.9 Å². The quantitative estimate of drug-likeness (QED) is 0.587. The van der Waals surface area contributed by atoms with Gasteiger partial charge >= 0.3 is 0 Å². The van der Waals surface area contributed by atoms with Crippen molar-refractivity contribution in [3.63, 3.8) is 0 Å². The zero-order valence-electron chi connectivity index (χ0n) is 12.3. The summed E-state index contributed by atoms with van der Waals surface area (Å²) in [5.74, 6) is 8.51. The molecule has 0 radical (unpaired) electrons. The molecule has 2 heterocycles. The van der Waals surface area contributed by atoms with Crippen LogP contribution in [0, 0.1) is 6.92 Å². The normalized spacial score (nSPS) is 11.4. The molecule has 0 spiro atoms. The summed E-state index contributed by atoms with van der Waals surface area (Å²) in [6.45, 7) is 8.68. The number of hydrogen-bond donors (Lipinski definition) is 3. The van der Waals surface area contributed by atoms with E-state index < -0.39 is 0 Å². The minimum atomic E-state index is -0.152. The molecular formula is C14H21N5O. The van der Waals surface area contributed by atoms with Crippen LogP contribution in [-0.2, 0) is 12.0 Å². The van der Waals surface area contributed by atoms with Crippen LogP contribution in [0.2, 0.25) is 0 Å². The summed E-state index contributed by atoms with van der Waals surface area (Å²) < 4.78 is 5.30. The summed E-state index contributed by atoms with van der Waals surface area (Å²) in [6.07, 6.45) is 1.65. The summed E-state index contributed by atoms with van der Waals surface area (Å²) in [6, 6.07) is 3.77. The molecule has 20 heavy (non-hydrogen) atoms. The second-order valence-corrected chi connectivity index (χ2v) is 5.70. The number of hydrogen-bond acceptors (Lipinski definition) is 6. The topological polar surface area (TPSA) is 89.0 Å². The van der Waals surface area contributed by atoms with Gasteiger partial charge in [-0.1, -0.05) is 20.8 Å². The average Bonchev–Trinajstić information content (AvgIpc) is 2.89. The van der Waals surface area contributed by atoms with E-state index in [2.05, 4.69) is 41.5 Å². The van der Waals surface area contributed by atoms with Gasteiger partial charge in [-0.15, -0.1) is 0 Å². The van der Waals surface area contributed by atoms with Crippen LogP contribution >= 0.6 is 0 Å². The van der Waals surface area contributed by atoms with Crippen LogP contribution in [0.4, 0.5) is 11.6 Å². The first-order valence-corrected chi connectivity index (χ1v) is 6.54. The Bertz CT molecular complexity index is 572. The lowest BCUT2D eigenvalue weighted by molar-refractivity contribution is 0.517. The molecular weight excluding hydrogens is 254 g/mol. The van der Waals surface area contributed by atoms with Crippen molar-refractivity contribution in [2.75, 3.05) is 10.7 Å². The number of nitrogens with one attached hydrogen (secondary N) is 2. The SMILES string of the molecule is Cc1c(NN)nc(C(C)(C)C)nc1NCc1ccco1. The summed E-state index contributed by atoms with van der Waals surface area (Å²) in [4.78, 5) is 9.05. The number of anilines is 2. The minimum Gasteiger partial charge on any atom is -0.467 e. The first-order chi connectivity index (χ1) is 9.41. The molecule has 6 heteroatoms. The van der Waals surface area contributed by atoms with Crippen molar-refractivity contribution in [1.82, 2.24) is 9.97 Å². The third kappa shape index (κ3) is 3.08. The molecule has 2 rings (SSSR count). The van der Waals surface area contributed by atoms with E-state index in [1.165, 1.54) is 0 Å². The maximum absolute atomic E-state index is 5.54. The highest BCUT2D eigenvalue weighted by molar-refractivity contribution is 5.57. The second-order valence-electron chi connectivity index (χ2n) is 5.70. The van der Waals surface area contributed by atoms with Gasteiger partial charge in [-0.3, -0.25) is 0 Å². The Kier molecular flexibility index (Phi) is 3.94. The Morgan fingerprint density at radius 2 is 1.95 bits per heavy atom. The number of nitrogens with two attached hydrogens (primary N) is 1. The number of nitrogen functional groups attached to an aromatic ring is 1. The molecule has 0 aliphatic heterocycles. The van der Waals surface area contributed by atoms with E-state index in [0.717, 1.165) is 23.0 Å². The fraction of sp³-hybridized carbons (Fsp3) is 0.429. The van der Waals surface area contributed by atoms with Crippen LogP contribution in [0.5, 0.6) is 0 Å². The van der Waals surface area contributed by atoms with E-state index in [-0.39, 0.29) is 5.41 Å². The molecule has 0 bridgehead atoms. The first kappa shape index (κ1) is 14.3.